The number of rotatable bonds is 5. The third kappa shape index (κ3) is 6.30. The smallest absolute Gasteiger partial charge is 0.134 e. The average molecular weight is 849 g/mol. The zero-order valence-electron chi connectivity index (χ0n) is 36.0. The van der Waals surface area contributed by atoms with Crippen LogP contribution in [0.25, 0.3) is 76.5 Å². The minimum atomic E-state index is -1.09. The third-order valence-corrected chi connectivity index (χ3v) is 17.3. The molecule has 2 aliphatic rings. The number of fused-ring (bicyclic) bond motifs is 14. The van der Waals surface area contributed by atoms with Crippen molar-refractivity contribution in [1.29, 1.82) is 0 Å². The van der Waals surface area contributed by atoms with Crippen LogP contribution in [0.1, 0.15) is 38.9 Å². The molecule has 4 heteroatoms. The van der Waals surface area contributed by atoms with Crippen LogP contribution in [0.2, 0.25) is 0 Å². The average Bonchev–Trinajstić information content (AvgIpc) is 3.48. The SMILES string of the molecule is Cc1ccc(C)c(-c2c(C)ccc(C)c2O[P@]2Cc3ccc4ccccc4c3-c3c2ccc2ccccc32)c1OP1Cc2ccc3ccccc3c2-c2c(ccc3ccccc23)C1. The van der Waals surface area contributed by atoms with Gasteiger partial charge in [-0.05, 0) is 132 Å². The van der Waals surface area contributed by atoms with Gasteiger partial charge >= 0.3 is 0 Å². The standard InChI is InChI=1S/C59H46O2P2/c1-36-21-23-38(3)58(60-62-33-44-28-25-40-13-5-9-17-47(40)54(44)55-45(34-62)29-26-41-14-6-10-18-48(41)55)52(36)53-37(2)22-24-39(4)59(53)61-63-35-46-30-27-42-15-7-11-19-49(42)56(46)57-50-20-12-8-16-43(50)31-32-51(57)63/h5-32H,33-35H2,1-4H3/t63-/m1/s1. The van der Waals surface area contributed by atoms with Crippen molar-refractivity contribution in [2.24, 2.45) is 0 Å². The van der Waals surface area contributed by atoms with E-state index in [0.717, 1.165) is 52.2 Å². The summed E-state index contributed by atoms with van der Waals surface area (Å²) in [5.41, 5.74) is 16.4. The maximum Gasteiger partial charge on any atom is 0.134 e. The lowest BCUT2D eigenvalue weighted by Gasteiger charge is -2.32. The molecule has 304 valence electrons. The van der Waals surface area contributed by atoms with Gasteiger partial charge in [-0.3, -0.25) is 0 Å². The van der Waals surface area contributed by atoms with Crippen molar-refractivity contribution in [2.75, 3.05) is 0 Å². The highest BCUT2D eigenvalue weighted by atomic mass is 31.1. The van der Waals surface area contributed by atoms with Gasteiger partial charge in [-0.25, -0.2) is 0 Å². The Hall–Kier alpha value is -6.30. The summed E-state index contributed by atoms with van der Waals surface area (Å²) in [7, 11) is -2.05. The van der Waals surface area contributed by atoms with Crippen LogP contribution in [0.4, 0.5) is 0 Å². The molecule has 0 amide bonds. The van der Waals surface area contributed by atoms with Crippen LogP contribution in [0.5, 0.6) is 11.5 Å². The Morgan fingerprint density at radius 1 is 0.317 bits per heavy atom. The first-order valence-corrected chi connectivity index (χ1v) is 25.1. The number of hydrogen-bond donors (Lipinski definition) is 0. The van der Waals surface area contributed by atoms with Gasteiger partial charge < -0.3 is 9.05 Å². The highest BCUT2D eigenvalue weighted by molar-refractivity contribution is 7.61. The van der Waals surface area contributed by atoms with Gasteiger partial charge in [-0.15, -0.1) is 0 Å². The Kier molecular flexibility index (Phi) is 9.26. The summed E-state index contributed by atoms with van der Waals surface area (Å²) in [4.78, 5) is 0. The molecule has 0 bridgehead atoms. The highest BCUT2D eigenvalue weighted by Crippen LogP contribution is 2.58. The van der Waals surface area contributed by atoms with Gasteiger partial charge in [0.05, 0.1) is 8.15 Å². The van der Waals surface area contributed by atoms with E-state index in [1.807, 2.05) is 0 Å². The fourth-order valence-electron chi connectivity index (χ4n) is 10.4. The van der Waals surface area contributed by atoms with E-state index in [-0.39, 0.29) is 0 Å². The second-order valence-electron chi connectivity index (χ2n) is 17.5. The van der Waals surface area contributed by atoms with Crippen molar-refractivity contribution in [2.45, 2.75) is 46.2 Å². The molecule has 0 unspecified atom stereocenters. The van der Waals surface area contributed by atoms with E-state index in [1.54, 1.807) is 0 Å². The maximum atomic E-state index is 7.65. The topological polar surface area (TPSA) is 18.5 Å². The summed E-state index contributed by atoms with van der Waals surface area (Å²) < 4.78 is 15.3. The van der Waals surface area contributed by atoms with Crippen LogP contribution >= 0.6 is 16.3 Å². The van der Waals surface area contributed by atoms with Gasteiger partial charge in [-0.1, -0.05) is 164 Å². The van der Waals surface area contributed by atoms with E-state index in [2.05, 4.69) is 198 Å². The number of hydrogen-bond acceptors (Lipinski definition) is 2. The number of aryl methyl sites for hydroxylation is 4. The molecule has 0 fully saturated rings. The zero-order chi connectivity index (χ0) is 42.3. The fourth-order valence-corrected chi connectivity index (χ4v) is 14.6. The van der Waals surface area contributed by atoms with Crippen molar-refractivity contribution in [1.82, 2.24) is 0 Å². The summed E-state index contributed by atoms with van der Waals surface area (Å²) in [6, 6.07) is 63.0. The van der Waals surface area contributed by atoms with E-state index in [9.17, 15) is 0 Å². The maximum absolute atomic E-state index is 7.65. The van der Waals surface area contributed by atoms with Gasteiger partial charge in [0.1, 0.15) is 19.6 Å². The van der Waals surface area contributed by atoms with Crippen LogP contribution in [-0.4, -0.2) is 0 Å². The number of benzene rings is 10. The third-order valence-electron chi connectivity index (χ3n) is 13.5. The van der Waals surface area contributed by atoms with Crippen LogP contribution in [-0.2, 0) is 18.5 Å². The lowest BCUT2D eigenvalue weighted by atomic mass is 9.88. The molecule has 2 heterocycles. The highest BCUT2D eigenvalue weighted by Gasteiger charge is 2.33. The van der Waals surface area contributed by atoms with E-state index >= 15 is 0 Å². The van der Waals surface area contributed by atoms with Crippen molar-refractivity contribution in [3.63, 3.8) is 0 Å². The zero-order valence-corrected chi connectivity index (χ0v) is 37.8. The summed E-state index contributed by atoms with van der Waals surface area (Å²) >= 11 is 0. The summed E-state index contributed by atoms with van der Waals surface area (Å²) in [6.07, 6.45) is 2.58. The largest absolute Gasteiger partial charge is 0.472 e. The molecule has 12 rings (SSSR count). The molecular weight excluding hydrogens is 803 g/mol. The second kappa shape index (κ2) is 15.2. The minimum Gasteiger partial charge on any atom is -0.472 e. The van der Waals surface area contributed by atoms with Crippen molar-refractivity contribution in [3.05, 3.63) is 209 Å². The molecule has 0 N–H and O–H groups in total. The molecule has 0 aromatic heterocycles. The molecule has 0 spiro atoms. The predicted molar refractivity (Wildman–Crippen MR) is 270 cm³/mol. The van der Waals surface area contributed by atoms with Gasteiger partial charge in [0.2, 0.25) is 0 Å². The molecule has 10 aromatic rings. The lowest BCUT2D eigenvalue weighted by Crippen LogP contribution is -2.17. The lowest BCUT2D eigenvalue weighted by molar-refractivity contribution is 0.600. The van der Waals surface area contributed by atoms with E-state index in [1.165, 1.54) is 98.5 Å². The normalized spacial score (nSPS) is 14.6. The van der Waals surface area contributed by atoms with Crippen molar-refractivity contribution >= 4 is 64.7 Å². The summed E-state index contributed by atoms with van der Waals surface area (Å²) in [5.74, 6) is 1.94. The molecule has 1 atom stereocenters. The fraction of sp³-hybridized carbons (Fsp3) is 0.119. The molecule has 0 radical (unpaired) electrons. The first-order chi connectivity index (χ1) is 30.9. The van der Waals surface area contributed by atoms with Gasteiger partial charge in [0.15, 0.2) is 0 Å². The Bertz CT molecular complexity index is 3430. The van der Waals surface area contributed by atoms with Crippen LogP contribution < -0.4 is 14.4 Å². The molecule has 0 saturated heterocycles. The molecule has 63 heavy (non-hydrogen) atoms. The molecule has 0 saturated carbocycles. The van der Waals surface area contributed by atoms with Gasteiger partial charge in [0, 0.05) is 40.5 Å². The molecule has 0 aliphatic carbocycles. The first kappa shape index (κ1) is 38.4. The summed E-state index contributed by atoms with van der Waals surface area (Å²) in [5, 5.41) is 11.6. The van der Waals surface area contributed by atoms with Crippen LogP contribution in [0.15, 0.2) is 170 Å². The van der Waals surface area contributed by atoms with E-state index < -0.39 is 16.3 Å². The Morgan fingerprint density at radius 3 is 1.16 bits per heavy atom. The predicted octanol–water partition coefficient (Wildman–Crippen LogP) is 16.6. The van der Waals surface area contributed by atoms with Gasteiger partial charge in [-0.2, -0.15) is 0 Å². The van der Waals surface area contributed by atoms with Crippen molar-refractivity contribution in [3.8, 4) is 44.9 Å². The molecular formula is C59H46O2P2. The van der Waals surface area contributed by atoms with E-state index in [0.29, 0.717) is 0 Å². The van der Waals surface area contributed by atoms with Crippen molar-refractivity contribution < 1.29 is 9.05 Å². The molecule has 2 aliphatic heterocycles. The summed E-state index contributed by atoms with van der Waals surface area (Å²) in [6.45, 7) is 8.91. The molecule has 10 aromatic carbocycles. The Morgan fingerprint density at radius 2 is 0.683 bits per heavy atom. The quantitative estimate of drug-likeness (QED) is 0.161. The van der Waals surface area contributed by atoms with Crippen LogP contribution in [0, 0.1) is 27.7 Å². The molecule has 2 nitrogen and oxygen atoms in total. The van der Waals surface area contributed by atoms with Gasteiger partial charge in [0.25, 0.3) is 0 Å². The second-order valence-corrected chi connectivity index (χ2v) is 21.0. The minimum absolute atomic E-state index is 0.845. The Balaban J connectivity index is 0.995. The Labute approximate surface area is 371 Å². The first-order valence-electron chi connectivity index (χ1n) is 22.0. The monoisotopic (exact) mass is 848 g/mol. The van der Waals surface area contributed by atoms with E-state index in [4.69, 9.17) is 9.05 Å². The van der Waals surface area contributed by atoms with Crippen LogP contribution in [0.3, 0.4) is 0 Å².